The fourth-order valence-corrected chi connectivity index (χ4v) is 3.66. The van der Waals surface area contributed by atoms with Crippen LogP contribution in [0.4, 0.5) is 0 Å². The molecule has 1 aliphatic rings. The van der Waals surface area contributed by atoms with Gasteiger partial charge in [-0.25, -0.2) is 0 Å². The maximum absolute atomic E-state index is 12.4. The predicted molar refractivity (Wildman–Crippen MR) is 100 cm³/mol. The van der Waals surface area contributed by atoms with E-state index in [0.29, 0.717) is 50.1 Å². The number of hydrogen-bond acceptors (Lipinski definition) is 7. The van der Waals surface area contributed by atoms with Gasteiger partial charge in [-0.15, -0.1) is 10.2 Å². The van der Waals surface area contributed by atoms with Gasteiger partial charge in [-0.1, -0.05) is 42.1 Å². The molecule has 2 aromatic rings. The van der Waals surface area contributed by atoms with Crippen LogP contribution in [0, 0.1) is 5.92 Å². The van der Waals surface area contributed by atoms with Crippen molar-refractivity contribution in [1.29, 1.82) is 0 Å². The van der Waals surface area contributed by atoms with Gasteiger partial charge in [0.15, 0.2) is 0 Å². The third-order valence-electron chi connectivity index (χ3n) is 4.43. The van der Waals surface area contributed by atoms with Crippen molar-refractivity contribution in [1.82, 2.24) is 15.1 Å². The number of carbonyl (C=O) groups excluding carboxylic acids is 2. The Balaban J connectivity index is 1.43. The Hall–Kier alpha value is -2.35. The highest BCUT2D eigenvalue weighted by atomic mass is 32.2. The van der Waals surface area contributed by atoms with E-state index in [1.165, 1.54) is 11.8 Å². The number of benzene rings is 1. The van der Waals surface area contributed by atoms with Crippen molar-refractivity contribution in [3.63, 3.8) is 0 Å². The highest BCUT2D eigenvalue weighted by molar-refractivity contribution is 7.99. The van der Waals surface area contributed by atoms with Gasteiger partial charge in [-0.2, -0.15) is 0 Å². The molecule has 1 aliphatic heterocycles. The second kappa shape index (κ2) is 9.55. The van der Waals surface area contributed by atoms with E-state index in [4.69, 9.17) is 9.15 Å². The lowest BCUT2D eigenvalue weighted by molar-refractivity contribution is -0.151. The predicted octanol–water partition coefficient (Wildman–Crippen LogP) is 2.55. The first-order chi connectivity index (χ1) is 13.2. The topological polar surface area (TPSA) is 85.5 Å². The summed E-state index contributed by atoms with van der Waals surface area (Å²) in [4.78, 5) is 25.9. The molecular formula is C19H23N3O4S. The number of carbonyl (C=O) groups is 2. The first kappa shape index (κ1) is 19.4. The maximum Gasteiger partial charge on any atom is 0.309 e. The summed E-state index contributed by atoms with van der Waals surface area (Å²) >= 11 is 1.25. The van der Waals surface area contributed by atoms with Gasteiger partial charge in [-0.05, 0) is 25.3 Å². The molecule has 0 saturated carbocycles. The summed E-state index contributed by atoms with van der Waals surface area (Å²) in [6.45, 7) is 3.35. The van der Waals surface area contributed by atoms with Crippen LogP contribution < -0.4 is 0 Å². The first-order valence-electron chi connectivity index (χ1n) is 9.09. The van der Waals surface area contributed by atoms with Crippen molar-refractivity contribution in [3.05, 3.63) is 41.8 Å². The van der Waals surface area contributed by atoms with Crippen LogP contribution >= 0.6 is 11.8 Å². The van der Waals surface area contributed by atoms with Gasteiger partial charge in [0, 0.05) is 13.1 Å². The molecule has 0 radical (unpaired) electrons. The summed E-state index contributed by atoms with van der Waals surface area (Å²) < 4.78 is 10.7. The highest BCUT2D eigenvalue weighted by Gasteiger charge is 2.28. The fourth-order valence-electron chi connectivity index (χ4n) is 2.98. The van der Waals surface area contributed by atoms with E-state index >= 15 is 0 Å². The fraction of sp³-hybridized carbons (Fsp3) is 0.474. The van der Waals surface area contributed by atoms with E-state index in [9.17, 15) is 9.59 Å². The zero-order chi connectivity index (χ0) is 19.1. The van der Waals surface area contributed by atoms with Crippen LogP contribution in [0.25, 0.3) is 0 Å². The number of piperidine rings is 1. The number of amides is 1. The van der Waals surface area contributed by atoms with Crippen molar-refractivity contribution in [2.75, 3.05) is 25.4 Å². The molecule has 1 aromatic carbocycles. The smallest absolute Gasteiger partial charge is 0.309 e. The van der Waals surface area contributed by atoms with Crippen LogP contribution in [-0.2, 0) is 20.7 Å². The second-order valence-corrected chi connectivity index (χ2v) is 7.25. The van der Waals surface area contributed by atoms with E-state index in [-0.39, 0.29) is 23.5 Å². The highest BCUT2D eigenvalue weighted by Crippen LogP contribution is 2.22. The van der Waals surface area contributed by atoms with Crippen molar-refractivity contribution < 1.29 is 18.7 Å². The molecule has 1 fully saturated rings. The molecule has 8 heteroatoms. The van der Waals surface area contributed by atoms with Gasteiger partial charge in [0.25, 0.3) is 5.22 Å². The Morgan fingerprint density at radius 2 is 1.96 bits per heavy atom. The Morgan fingerprint density at radius 1 is 1.22 bits per heavy atom. The number of ether oxygens (including phenoxy) is 1. The molecule has 0 bridgehead atoms. The third-order valence-corrected chi connectivity index (χ3v) is 5.24. The standard InChI is InChI=1S/C19H23N3O4S/c1-2-25-18(24)15-8-10-22(11-9-15)17(23)13-27-19-21-20-16(26-19)12-14-6-4-3-5-7-14/h3-7,15H,2,8-13H2,1H3. The van der Waals surface area contributed by atoms with Gasteiger partial charge >= 0.3 is 5.97 Å². The number of rotatable bonds is 7. The summed E-state index contributed by atoms with van der Waals surface area (Å²) in [5.74, 6) is 0.544. The number of aromatic nitrogens is 2. The van der Waals surface area contributed by atoms with Crippen LogP contribution in [0.1, 0.15) is 31.2 Å². The molecule has 1 saturated heterocycles. The van der Waals surface area contributed by atoms with Crippen LogP contribution in [0.5, 0.6) is 0 Å². The lowest BCUT2D eigenvalue weighted by atomic mass is 9.97. The van der Waals surface area contributed by atoms with Crippen LogP contribution in [0.15, 0.2) is 40.0 Å². The Morgan fingerprint density at radius 3 is 2.67 bits per heavy atom. The first-order valence-corrected chi connectivity index (χ1v) is 10.1. The molecule has 0 aliphatic carbocycles. The van der Waals surface area contributed by atoms with Crippen LogP contribution in [-0.4, -0.2) is 52.4 Å². The van der Waals surface area contributed by atoms with Crippen molar-refractivity contribution in [2.24, 2.45) is 5.92 Å². The van der Waals surface area contributed by atoms with Crippen LogP contribution in [0.2, 0.25) is 0 Å². The molecule has 3 rings (SSSR count). The largest absolute Gasteiger partial charge is 0.466 e. The zero-order valence-corrected chi connectivity index (χ0v) is 16.1. The molecule has 0 atom stereocenters. The van der Waals surface area contributed by atoms with Crippen molar-refractivity contribution in [2.45, 2.75) is 31.4 Å². The van der Waals surface area contributed by atoms with E-state index < -0.39 is 0 Å². The average Bonchev–Trinajstić information content (AvgIpc) is 3.14. The molecule has 0 N–H and O–H groups in total. The lowest BCUT2D eigenvalue weighted by Gasteiger charge is -2.30. The number of likely N-dealkylation sites (tertiary alicyclic amines) is 1. The summed E-state index contributed by atoms with van der Waals surface area (Å²) in [7, 11) is 0. The molecule has 0 unspecified atom stereocenters. The van der Waals surface area contributed by atoms with Crippen molar-refractivity contribution >= 4 is 23.6 Å². The van der Waals surface area contributed by atoms with Gasteiger partial charge in [-0.3, -0.25) is 9.59 Å². The minimum absolute atomic E-state index is 0.0186. The number of nitrogens with zero attached hydrogens (tertiary/aromatic N) is 3. The Bertz CT molecular complexity index is 757. The SMILES string of the molecule is CCOC(=O)C1CCN(C(=O)CSc2nnc(Cc3ccccc3)o2)CC1. The lowest BCUT2D eigenvalue weighted by Crippen LogP contribution is -2.41. The second-order valence-electron chi connectivity index (χ2n) is 6.32. The monoisotopic (exact) mass is 389 g/mol. The number of esters is 1. The minimum atomic E-state index is -0.157. The molecule has 1 aromatic heterocycles. The number of thioether (sulfide) groups is 1. The molecular weight excluding hydrogens is 366 g/mol. The third kappa shape index (κ3) is 5.56. The number of hydrogen-bond donors (Lipinski definition) is 0. The van der Waals surface area contributed by atoms with E-state index in [1.807, 2.05) is 30.3 Å². The van der Waals surface area contributed by atoms with Gasteiger partial charge in [0.2, 0.25) is 11.8 Å². The van der Waals surface area contributed by atoms with Crippen molar-refractivity contribution in [3.8, 4) is 0 Å². The molecule has 7 nitrogen and oxygen atoms in total. The normalized spacial score (nSPS) is 14.9. The van der Waals surface area contributed by atoms with Gasteiger partial charge in [0.1, 0.15) is 0 Å². The van der Waals surface area contributed by atoms with E-state index in [2.05, 4.69) is 10.2 Å². The quantitative estimate of drug-likeness (QED) is 0.531. The molecule has 27 heavy (non-hydrogen) atoms. The summed E-state index contributed by atoms with van der Waals surface area (Å²) in [6.07, 6.45) is 1.87. The summed E-state index contributed by atoms with van der Waals surface area (Å²) in [6, 6.07) is 9.89. The summed E-state index contributed by atoms with van der Waals surface area (Å²) in [5, 5.41) is 8.43. The maximum atomic E-state index is 12.4. The summed E-state index contributed by atoms with van der Waals surface area (Å²) in [5.41, 5.74) is 1.10. The molecule has 0 spiro atoms. The molecule has 1 amide bonds. The Labute approximate surface area is 162 Å². The van der Waals surface area contributed by atoms with E-state index in [1.54, 1.807) is 11.8 Å². The van der Waals surface area contributed by atoms with Gasteiger partial charge in [0.05, 0.1) is 24.7 Å². The van der Waals surface area contributed by atoms with E-state index in [0.717, 1.165) is 5.56 Å². The molecule has 2 heterocycles. The van der Waals surface area contributed by atoms with Gasteiger partial charge < -0.3 is 14.1 Å². The molecule has 144 valence electrons. The Kier molecular flexibility index (Phi) is 6.86. The van der Waals surface area contributed by atoms with Crippen LogP contribution in [0.3, 0.4) is 0 Å². The average molecular weight is 389 g/mol. The zero-order valence-electron chi connectivity index (χ0n) is 15.3. The minimum Gasteiger partial charge on any atom is -0.466 e.